The molecule has 4 aromatic rings. The highest BCUT2D eigenvalue weighted by molar-refractivity contribution is 7.07. The van der Waals surface area contributed by atoms with Crippen LogP contribution in [-0.2, 0) is 9.53 Å². The Kier molecular flexibility index (Phi) is 8.08. The molecule has 0 fully saturated rings. The SMILES string of the molecule is C=CCOc1ccc(C2C(C(=O)OCC)=C(C)N=c3s/c(=C\c4ccc(-c5cc(C(=O)O)ccc5C)o4)c(=O)n32)cc1. The number of furan rings is 1. The van der Waals surface area contributed by atoms with Crippen LogP contribution in [0.15, 0.2) is 92.7 Å². The van der Waals surface area contributed by atoms with E-state index in [1.54, 1.807) is 62.4 Å². The molecule has 1 atom stereocenters. The molecule has 1 N–H and O–H groups in total. The average Bonchev–Trinajstić information content (AvgIpc) is 3.55. The van der Waals surface area contributed by atoms with Crippen molar-refractivity contribution in [3.8, 4) is 17.1 Å². The summed E-state index contributed by atoms with van der Waals surface area (Å²) in [4.78, 5) is 43.5. The van der Waals surface area contributed by atoms with Gasteiger partial charge in [0.25, 0.3) is 5.56 Å². The molecule has 2 aromatic carbocycles. The molecule has 10 heteroatoms. The average molecular weight is 585 g/mol. The van der Waals surface area contributed by atoms with Crippen molar-refractivity contribution < 1.29 is 28.6 Å². The quantitative estimate of drug-likeness (QED) is 0.225. The summed E-state index contributed by atoms with van der Waals surface area (Å²) in [5.74, 6) is -0.0550. The fraction of sp³-hybridized carbons (Fsp3) is 0.188. The fourth-order valence-corrected chi connectivity index (χ4v) is 5.76. The number of carbonyl (C=O) groups excluding carboxylic acids is 1. The molecule has 0 radical (unpaired) electrons. The van der Waals surface area contributed by atoms with E-state index < -0.39 is 18.0 Å². The number of carbonyl (C=O) groups is 2. The number of aromatic nitrogens is 1. The number of hydrogen-bond donors (Lipinski definition) is 1. The number of carboxylic acid groups (broad SMARTS) is 1. The molecule has 2 aromatic heterocycles. The van der Waals surface area contributed by atoms with Crippen molar-refractivity contribution in [1.82, 2.24) is 4.57 Å². The van der Waals surface area contributed by atoms with Gasteiger partial charge in [0.1, 0.15) is 23.9 Å². The maximum atomic E-state index is 13.9. The van der Waals surface area contributed by atoms with Crippen LogP contribution in [0.25, 0.3) is 17.4 Å². The van der Waals surface area contributed by atoms with Crippen LogP contribution in [-0.4, -0.2) is 34.8 Å². The molecule has 1 aliphatic heterocycles. The molecule has 0 bridgehead atoms. The Hall–Kier alpha value is -4.96. The monoisotopic (exact) mass is 584 g/mol. The van der Waals surface area contributed by atoms with E-state index in [1.807, 2.05) is 19.1 Å². The smallest absolute Gasteiger partial charge is 0.338 e. The van der Waals surface area contributed by atoms with Crippen LogP contribution < -0.4 is 19.6 Å². The largest absolute Gasteiger partial charge is 0.490 e. The van der Waals surface area contributed by atoms with Crippen molar-refractivity contribution in [2.45, 2.75) is 26.8 Å². The number of esters is 1. The predicted octanol–water partition coefficient (Wildman–Crippen LogP) is 4.63. The summed E-state index contributed by atoms with van der Waals surface area (Å²) >= 11 is 1.18. The van der Waals surface area contributed by atoms with E-state index in [1.165, 1.54) is 22.0 Å². The number of aryl methyl sites for hydroxylation is 1. The van der Waals surface area contributed by atoms with Crippen molar-refractivity contribution >= 4 is 29.4 Å². The van der Waals surface area contributed by atoms with Crippen molar-refractivity contribution in [3.05, 3.63) is 121 Å². The highest BCUT2D eigenvalue weighted by Crippen LogP contribution is 2.32. The first kappa shape index (κ1) is 28.6. The van der Waals surface area contributed by atoms with E-state index >= 15 is 0 Å². The third kappa shape index (κ3) is 5.48. The van der Waals surface area contributed by atoms with Crippen LogP contribution in [0.4, 0.5) is 0 Å². The second kappa shape index (κ2) is 11.9. The third-order valence-electron chi connectivity index (χ3n) is 6.73. The lowest BCUT2D eigenvalue weighted by molar-refractivity contribution is -0.139. The normalized spacial score (nSPS) is 14.7. The molecule has 0 spiro atoms. The number of aromatic carboxylic acids is 1. The van der Waals surface area contributed by atoms with Crippen LogP contribution in [0.1, 0.15) is 47.1 Å². The Labute approximate surface area is 245 Å². The Bertz CT molecular complexity index is 1910. The van der Waals surface area contributed by atoms with Crippen LogP contribution in [0, 0.1) is 6.92 Å². The van der Waals surface area contributed by atoms with Gasteiger partial charge in [0.05, 0.1) is 34.0 Å². The van der Waals surface area contributed by atoms with Gasteiger partial charge < -0.3 is 19.0 Å². The first-order valence-corrected chi connectivity index (χ1v) is 14.0. The first-order valence-electron chi connectivity index (χ1n) is 13.2. The lowest BCUT2D eigenvalue weighted by Crippen LogP contribution is -2.39. The summed E-state index contributed by atoms with van der Waals surface area (Å²) < 4.78 is 18.8. The van der Waals surface area contributed by atoms with Crippen LogP contribution in [0.5, 0.6) is 5.75 Å². The van der Waals surface area contributed by atoms with E-state index in [4.69, 9.17) is 13.9 Å². The van der Waals surface area contributed by atoms with Gasteiger partial charge in [-0.05, 0) is 68.3 Å². The molecule has 1 unspecified atom stereocenters. The van der Waals surface area contributed by atoms with Crippen molar-refractivity contribution in [1.29, 1.82) is 0 Å². The van der Waals surface area contributed by atoms with E-state index in [-0.39, 0.29) is 23.3 Å². The highest BCUT2D eigenvalue weighted by atomic mass is 32.1. The maximum Gasteiger partial charge on any atom is 0.338 e. The first-order chi connectivity index (χ1) is 20.2. The van der Waals surface area contributed by atoms with Crippen LogP contribution >= 0.6 is 11.3 Å². The second-order valence-electron chi connectivity index (χ2n) is 9.51. The minimum atomic E-state index is -1.03. The molecule has 9 nitrogen and oxygen atoms in total. The molecule has 3 heterocycles. The minimum absolute atomic E-state index is 0.148. The zero-order chi connectivity index (χ0) is 30.0. The Balaban J connectivity index is 1.60. The van der Waals surface area contributed by atoms with Gasteiger partial charge in [-0.25, -0.2) is 14.6 Å². The van der Waals surface area contributed by atoms with Crippen LogP contribution in [0.2, 0.25) is 0 Å². The van der Waals surface area contributed by atoms with Gasteiger partial charge in [0.2, 0.25) is 0 Å². The van der Waals surface area contributed by atoms with Crippen molar-refractivity contribution in [2.75, 3.05) is 13.2 Å². The molecule has 0 saturated carbocycles. The molecular formula is C32H28N2O7S. The number of allylic oxidation sites excluding steroid dienone is 1. The number of rotatable bonds is 9. The number of carboxylic acids is 1. The summed E-state index contributed by atoms with van der Waals surface area (Å²) in [6.07, 6.45) is 3.27. The van der Waals surface area contributed by atoms with Gasteiger partial charge in [-0.15, -0.1) is 0 Å². The lowest BCUT2D eigenvalue weighted by Gasteiger charge is -2.24. The predicted molar refractivity (Wildman–Crippen MR) is 158 cm³/mol. The van der Waals surface area contributed by atoms with Gasteiger partial charge in [-0.2, -0.15) is 0 Å². The molecule has 0 amide bonds. The van der Waals surface area contributed by atoms with Crippen molar-refractivity contribution in [3.63, 3.8) is 0 Å². The zero-order valence-electron chi connectivity index (χ0n) is 23.2. The van der Waals surface area contributed by atoms with E-state index in [0.29, 0.717) is 50.0 Å². The van der Waals surface area contributed by atoms with Crippen molar-refractivity contribution in [2.24, 2.45) is 4.99 Å². The van der Waals surface area contributed by atoms with Gasteiger partial charge in [-0.3, -0.25) is 9.36 Å². The van der Waals surface area contributed by atoms with Gasteiger partial charge in [0.15, 0.2) is 4.80 Å². The molecule has 5 rings (SSSR count). The number of benzene rings is 2. The summed E-state index contributed by atoms with van der Waals surface area (Å²) in [5.41, 5.74) is 2.74. The van der Waals surface area contributed by atoms with E-state index in [9.17, 15) is 19.5 Å². The lowest BCUT2D eigenvalue weighted by atomic mass is 9.96. The van der Waals surface area contributed by atoms with Gasteiger partial charge in [0, 0.05) is 11.6 Å². The fourth-order valence-electron chi connectivity index (χ4n) is 4.73. The third-order valence-corrected chi connectivity index (χ3v) is 7.71. The zero-order valence-corrected chi connectivity index (χ0v) is 24.1. The minimum Gasteiger partial charge on any atom is -0.490 e. The number of ether oxygens (including phenoxy) is 2. The topological polar surface area (TPSA) is 120 Å². The summed E-state index contributed by atoms with van der Waals surface area (Å²) in [6.45, 7) is 9.50. The van der Waals surface area contributed by atoms with Gasteiger partial charge >= 0.3 is 11.9 Å². The van der Waals surface area contributed by atoms with Gasteiger partial charge in [-0.1, -0.05) is 42.2 Å². The molecule has 0 aliphatic carbocycles. The summed E-state index contributed by atoms with van der Waals surface area (Å²) in [5, 5.41) is 9.39. The number of hydrogen-bond acceptors (Lipinski definition) is 8. The number of nitrogens with zero attached hydrogens (tertiary/aromatic N) is 2. The second-order valence-corrected chi connectivity index (χ2v) is 10.5. The molecule has 214 valence electrons. The Morgan fingerprint density at radius 2 is 1.90 bits per heavy atom. The maximum absolute atomic E-state index is 13.9. The molecule has 0 saturated heterocycles. The summed E-state index contributed by atoms with van der Waals surface area (Å²) in [6, 6.07) is 14.7. The van der Waals surface area contributed by atoms with E-state index in [2.05, 4.69) is 11.6 Å². The molecular weight excluding hydrogens is 556 g/mol. The summed E-state index contributed by atoms with van der Waals surface area (Å²) in [7, 11) is 0. The number of thiazole rings is 1. The molecule has 1 aliphatic rings. The highest BCUT2D eigenvalue weighted by Gasteiger charge is 2.33. The van der Waals surface area contributed by atoms with E-state index in [0.717, 1.165) is 5.56 Å². The number of fused-ring (bicyclic) bond motifs is 1. The van der Waals surface area contributed by atoms with Crippen LogP contribution in [0.3, 0.4) is 0 Å². The Morgan fingerprint density at radius 3 is 2.60 bits per heavy atom. The Morgan fingerprint density at radius 1 is 1.14 bits per heavy atom. The standard InChI is InChI=1S/C32H28N2O7S/c1-5-15-40-22-11-9-20(10-12-22)28-27(31(38)39-6-2)19(4)33-32-34(28)29(35)26(42-32)17-23-13-14-25(41-23)24-16-21(30(36)37)8-7-18(24)3/h5,7-14,16-17,28H,1,6,15H2,2-4H3,(H,36,37)/b26-17-. The molecule has 42 heavy (non-hydrogen) atoms.